The van der Waals surface area contributed by atoms with Crippen LogP contribution in [0.25, 0.3) is 0 Å². The van der Waals surface area contributed by atoms with E-state index in [1.807, 2.05) is 39.8 Å². The van der Waals surface area contributed by atoms with Gasteiger partial charge in [0.15, 0.2) is 0 Å². The summed E-state index contributed by atoms with van der Waals surface area (Å²) in [5.41, 5.74) is 1.70. The number of carbonyl (C=O) groups is 1. The first-order chi connectivity index (χ1) is 12.4. The lowest BCUT2D eigenvalue weighted by Crippen LogP contribution is -2.40. The van der Waals surface area contributed by atoms with E-state index in [0.717, 1.165) is 11.1 Å². The molecule has 0 radical (unpaired) electrons. The molecule has 0 aliphatic heterocycles. The first-order valence-electron chi connectivity index (χ1n) is 9.19. The van der Waals surface area contributed by atoms with Gasteiger partial charge in [0, 0.05) is 6.42 Å². The normalized spacial score (nSPS) is 14.2. The molecule has 4 N–H and O–H groups in total. The van der Waals surface area contributed by atoms with Gasteiger partial charge in [-0.1, -0.05) is 23.3 Å². The SMILES string of the molecule is CC(C)=CCCC(C)(O)C(O)Cc1cc(C(=O)O)cc(CC=C(C)C)c1O. The molecule has 0 heterocycles. The zero-order valence-electron chi connectivity index (χ0n) is 16.9. The summed E-state index contributed by atoms with van der Waals surface area (Å²) in [6.07, 6.45) is 4.11. The van der Waals surface area contributed by atoms with Crippen molar-refractivity contribution in [3.8, 4) is 5.75 Å². The van der Waals surface area contributed by atoms with Gasteiger partial charge in [-0.2, -0.15) is 0 Å². The smallest absolute Gasteiger partial charge is 0.335 e. The molecule has 5 nitrogen and oxygen atoms in total. The zero-order valence-corrected chi connectivity index (χ0v) is 16.9. The molecule has 150 valence electrons. The minimum Gasteiger partial charge on any atom is -0.507 e. The number of hydrogen-bond donors (Lipinski definition) is 4. The molecule has 0 fully saturated rings. The summed E-state index contributed by atoms with van der Waals surface area (Å²) in [5.74, 6) is -1.13. The standard InChI is InChI=1S/C22H32O5/c1-14(2)7-6-10-22(5,27)19(23)13-17-12-18(21(25)26)11-16(20(17)24)9-8-15(3)4/h7-8,11-12,19,23-24,27H,6,9-10,13H2,1-5H3,(H,25,26). The summed E-state index contributed by atoms with van der Waals surface area (Å²) in [7, 11) is 0. The van der Waals surface area contributed by atoms with Crippen LogP contribution in [0.15, 0.2) is 35.4 Å². The maximum atomic E-state index is 11.4. The van der Waals surface area contributed by atoms with Gasteiger partial charge in [-0.3, -0.25) is 0 Å². The number of carboxylic acids is 1. The Morgan fingerprint density at radius 2 is 1.67 bits per heavy atom. The highest BCUT2D eigenvalue weighted by molar-refractivity contribution is 5.88. The van der Waals surface area contributed by atoms with Gasteiger partial charge in [0.1, 0.15) is 5.75 Å². The summed E-state index contributed by atoms with van der Waals surface area (Å²) in [4.78, 5) is 11.4. The minimum atomic E-state index is -1.35. The summed E-state index contributed by atoms with van der Waals surface area (Å²) < 4.78 is 0. The average Bonchev–Trinajstić information content (AvgIpc) is 2.54. The molecule has 5 heteroatoms. The Hall–Kier alpha value is -2.11. The number of aliphatic hydroxyl groups excluding tert-OH is 1. The molecule has 0 aliphatic rings. The predicted octanol–water partition coefficient (Wildman–Crippen LogP) is 4.00. The molecule has 2 unspecified atom stereocenters. The van der Waals surface area contributed by atoms with Crippen LogP contribution in [0, 0.1) is 0 Å². The fourth-order valence-electron chi connectivity index (χ4n) is 2.76. The second-order valence-electron chi connectivity index (χ2n) is 7.83. The third-order valence-corrected chi connectivity index (χ3v) is 4.58. The maximum absolute atomic E-state index is 11.4. The Labute approximate surface area is 161 Å². The number of aromatic carboxylic acids is 1. The second-order valence-corrected chi connectivity index (χ2v) is 7.83. The van der Waals surface area contributed by atoms with Crippen molar-refractivity contribution in [2.24, 2.45) is 0 Å². The highest BCUT2D eigenvalue weighted by atomic mass is 16.4. The molecule has 0 saturated heterocycles. The van der Waals surface area contributed by atoms with E-state index in [1.54, 1.807) is 6.92 Å². The molecular weight excluding hydrogens is 344 g/mol. The van der Waals surface area contributed by atoms with Gasteiger partial charge in [-0.05, 0) is 77.1 Å². The van der Waals surface area contributed by atoms with E-state index in [1.165, 1.54) is 12.1 Å². The minimum absolute atomic E-state index is 0.0309. The summed E-state index contributed by atoms with van der Waals surface area (Å²) >= 11 is 0. The van der Waals surface area contributed by atoms with Gasteiger partial charge >= 0.3 is 5.97 Å². The number of aromatic hydroxyl groups is 1. The molecule has 0 bridgehead atoms. The van der Waals surface area contributed by atoms with Gasteiger partial charge < -0.3 is 20.4 Å². The lowest BCUT2D eigenvalue weighted by atomic mass is 9.87. The number of rotatable bonds is 9. The van der Waals surface area contributed by atoms with Crippen LogP contribution >= 0.6 is 0 Å². The third kappa shape index (κ3) is 7.19. The highest BCUT2D eigenvalue weighted by Gasteiger charge is 2.30. The van der Waals surface area contributed by atoms with Crippen molar-refractivity contribution in [3.05, 3.63) is 52.1 Å². The fraction of sp³-hybridized carbons (Fsp3) is 0.500. The highest BCUT2D eigenvalue weighted by Crippen LogP contribution is 2.30. The number of aliphatic hydroxyl groups is 2. The van der Waals surface area contributed by atoms with Crippen LogP contribution in [-0.2, 0) is 12.8 Å². The Balaban J connectivity index is 3.11. The van der Waals surface area contributed by atoms with Gasteiger partial charge in [0.05, 0.1) is 17.3 Å². The summed E-state index contributed by atoms with van der Waals surface area (Å²) in [5, 5.41) is 41.0. The quantitative estimate of drug-likeness (QED) is 0.488. The lowest BCUT2D eigenvalue weighted by Gasteiger charge is -2.29. The Bertz CT molecular complexity index is 720. The molecule has 1 aromatic carbocycles. The Kier molecular flexibility index (Phi) is 8.25. The Morgan fingerprint density at radius 1 is 1.11 bits per heavy atom. The number of phenolic OH excluding ortho intramolecular Hbond substituents is 1. The topological polar surface area (TPSA) is 98.0 Å². The van der Waals surface area contributed by atoms with Crippen molar-refractivity contribution in [2.45, 2.75) is 72.0 Å². The first-order valence-corrected chi connectivity index (χ1v) is 9.19. The van der Waals surface area contributed by atoms with Gasteiger partial charge in [-0.25, -0.2) is 4.79 Å². The molecule has 1 aromatic rings. The molecule has 0 saturated carbocycles. The van der Waals surface area contributed by atoms with Gasteiger partial charge in [-0.15, -0.1) is 0 Å². The van der Waals surface area contributed by atoms with Crippen LogP contribution in [0.3, 0.4) is 0 Å². The van der Waals surface area contributed by atoms with Crippen LogP contribution in [0.4, 0.5) is 0 Å². The van der Waals surface area contributed by atoms with E-state index >= 15 is 0 Å². The summed E-state index contributed by atoms with van der Waals surface area (Å²) in [6.45, 7) is 9.33. The van der Waals surface area contributed by atoms with Gasteiger partial charge in [0.2, 0.25) is 0 Å². The van der Waals surface area contributed by atoms with Gasteiger partial charge in [0.25, 0.3) is 0 Å². The average molecular weight is 376 g/mol. The zero-order chi connectivity index (χ0) is 20.8. The second kappa shape index (κ2) is 9.72. The van der Waals surface area contributed by atoms with E-state index in [4.69, 9.17) is 0 Å². The molecule has 0 amide bonds. The number of benzene rings is 1. The van der Waals surface area contributed by atoms with Crippen molar-refractivity contribution in [3.63, 3.8) is 0 Å². The van der Waals surface area contributed by atoms with E-state index in [0.29, 0.717) is 30.4 Å². The van der Waals surface area contributed by atoms with E-state index in [9.17, 15) is 25.2 Å². The molecule has 0 aromatic heterocycles. The van der Waals surface area contributed by atoms with E-state index in [-0.39, 0.29) is 17.7 Å². The first kappa shape index (κ1) is 22.9. The predicted molar refractivity (Wildman–Crippen MR) is 107 cm³/mol. The van der Waals surface area contributed by atoms with Crippen LogP contribution in [0.2, 0.25) is 0 Å². The summed E-state index contributed by atoms with van der Waals surface area (Å²) in [6, 6.07) is 2.80. The Morgan fingerprint density at radius 3 is 2.19 bits per heavy atom. The van der Waals surface area contributed by atoms with Crippen LogP contribution in [0.1, 0.15) is 68.9 Å². The van der Waals surface area contributed by atoms with Crippen molar-refractivity contribution < 1.29 is 25.2 Å². The van der Waals surface area contributed by atoms with Crippen LogP contribution in [0.5, 0.6) is 5.75 Å². The number of carboxylic acid groups (broad SMARTS) is 1. The molecule has 0 aliphatic carbocycles. The van der Waals surface area contributed by atoms with Crippen molar-refractivity contribution >= 4 is 5.97 Å². The molecule has 0 spiro atoms. The third-order valence-electron chi connectivity index (χ3n) is 4.58. The maximum Gasteiger partial charge on any atom is 0.335 e. The van der Waals surface area contributed by atoms with Crippen LogP contribution < -0.4 is 0 Å². The van der Waals surface area contributed by atoms with E-state index in [2.05, 4.69) is 0 Å². The van der Waals surface area contributed by atoms with E-state index < -0.39 is 17.7 Å². The largest absolute Gasteiger partial charge is 0.507 e. The van der Waals surface area contributed by atoms with Crippen molar-refractivity contribution in [1.29, 1.82) is 0 Å². The lowest BCUT2D eigenvalue weighted by molar-refractivity contribution is -0.0656. The number of hydrogen-bond acceptors (Lipinski definition) is 4. The fourth-order valence-corrected chi connectivity index (χ4v) is 2.76. The number of allylic oxidation sites excluding steroid dienone is 4. The molecule has 2 atom stereocenters. The van der Waals surface area contributed by atoms with Crippen molar-refractivity contribution in [1.82, 2.24) is 0 Å². The molecular formula is C22H32O5. The van der Waals surface area contributed by atoms with Crippen LogP contribution in [-0.4, -0.2) is 38.1 Å². The molecule has 27 heavy (non-hydrogen) atoms. The monoisotopic (exact) mass is 376 g/mol. The van der Waals surface area contributed by atoms with Crippen molar-refractivity contribution in [2.75, 3.05) is 0 Å². The number of phenols is 1. The molecule has 1 rings (SSSR count).